The third-order valence-electron chi connectivity index (χ3n) is 10.8. The molecule has 3 heterocycles. The van der Waals surface area contributed by atoms with E-state index in [1.54, 1.807) is 7.11 Å². The summed E-state index contributed by atoms with van der Waals surface area (Å²) in [4.78, 5) is 19.4. The summed E-state index contributed by atoms with van der Waals surface area (Å²) in [5.74, 6) is 3.65. The summed E-state index contributed by atoms with van der Waals surface area (Å²) in [7, 11) is 1.72. The second kappa shape index (κ2) is 17.7. The zero-order valence-electron chi connectivity index (χ0n) is 28.6. The van der Waals surface area contributed by atoms with E-state index in [-0.39, 0.29) is 6.09 Å². The molecule has 0 bridgehead atoms. The molecule has 2 saturated heterocycles. The zero-order chi connectivity index (χ0) is 32.1. The molecule has 0 radical (unpaired) electrons. The van der Waals surface area contributed by atoms with Gasteiger partial charge in [0, 0.05) is 24.5 Å². The lowest BCUT2D eigenvalue weighted by atomic mass is 9.78. The normalized spacial score (nSPS) is 19.7. The highest BCUT2D eigenvalue weighted by Gasteiger charge is 2.27. The number of unbranched alkanes of at least 4 members (excludes halogenated alkanes) is 1. The summed E-state index contributed by atoms with van der Waals surface area (Å²) in [6, 6.07) is 18.8. The van der Waals surface area contributed by atoms with Crippen molar-refractivity contribution in [2.24, 2.45) is 17.8 Å². The molecule has 250 valence electrons. The average molecular weight is 628 g/mol. The molecule has 2 aliphatic rings. The molecule has 1 aromatic heterocycles. The van der Waals surface area contributed by atoms with Crippen molar-refractivity contribution in [1.82, 2.24) is 15.2 Å². The molecule has 46 heavy (non-hydrogen) atoms. The number of amides is 1. The van der Waals surface area contributed by atoms with E-state index in [0.717, 1.165) is 67.7 Å². The minimum atomic E-state index is -0.211. The zero-order valence-corrected chi connectivity index (χ0v) is 28.6. The highest BCUT2D eigenvalue weighted by molar-refractivity contribution is 5.84. The van der Waals surface area contributed by atoms with Crippen LogP contribution in [0.3, 0.4) is 0 Å². The van der Waals surface area contributed by atoms with Gasteiger partial charge in [-0.2, -0.15) is 0 Å². The second-order valence-corrected chi connectivity index (χ2v) is 13.8. The second-order valence-electron chi connectivity index (χ2n) is 13.8. The molecule has 1 amide bonds. The number of pyridine rings is 1. The fourth-order valence-corrected chi connectivity index (χ4v) is 7.80. The molecular weight excluding hydrogens is 570 g/mol. The maximum Gasteiger partial charge on any atom is 0.410 e. The number of rotatable bonds is 15. The Morgan fingerprint density at radius 2 is 1.80 bits per heavy atom. The van der Waals surface area contributed by atoms with E-state index < -0.39 is 0 Å². The lowest BCUT2D eigenvalue weighted by Gasteiger charge is -2.33. The van der Waals surface area contributed by atoms with Gasteiger partial charge in [0.2, 0.25) is 5.88 Å². The Morgan fingerprint density at radius 1 is 0.978 bits per heavy atom. The molecule has 2 aliphatic heterocycles. The average Bonchev–Trinajstić information content (AvgIpc) is 3.11. The van der Waals surface area contributed by atoms with Crippen molar-refractivity contribution in [2.45, 2.75) is 103 Å². The Balaban J connectivity index is 1.18. The van der Waals surface area contributed by atoms with Gasteiger partial charge in [-0.3, -0.25) is 0 Å². The van der Waals surface area contributed by atoms with Crippen molar-refractivity contribution >= 4 is 17.0 Å². The molecule has 3 aromatic rings. The highest BCUT2D eigenvalue weighted by atomic mass is 16.6. The number of nitrogens with zero attached hydrogens (tertiary/aromatic N) is 2. The SMILES string of the molecule is CCCCC(CC)CC[C@H]1CNCC[C@H]1CCCc1cc(OC)nc2ccc(C3CCN(C(=O)OCc4ccccc4)CC3)cc12. The van der Waals surface area contributed by atoms with E-state index in [1.807, 2.05) is 35.2 Å². The molecular formula is C40H57N3O3. The van der Waals surface area contributed by atoms with Crippen molar-refractivity contribution in [3.63, 3.8) is 0 Å². The van der Waals surface area contributed by atoms with Crippen molar-refractivity contribution < 1.29 is 14.3 Å². The van der Waals surface area contributed by atoms with Gasteiger partial charge in [0.05, 0.1) is 12.6 Å². The first-order chi connectivity index (χ1) is 22.6. The summed E-state index contributed by atoms with van der Waals surface area (Å²) in [5.41, 5.74) is 4.73. The number of piperidine rings is 2. The smallest absolute Gasteiger partial charge is 0.410 e. The molecule has 0 saturated carbocycles. The van der Waals surface area contributed by atoms with Gasteiger partial charge in [0.25, 0.3) is 0 Å². The van der Waals surface area contributed by atoms with Crippen LogP contribution in [0.5, 0.6) is 5.88 Å². The van der Waals surface area contributed by atoms with Crippen molar-refractivity contribution in [3.05, 3.63) is 71.3 Å². The van der Waals surface area contributed by atoms with Crippen LogP contribution in [-0.2, 0) is 17.8 Å². The Hall–Kier alpha value is -3.12. The van der Waals surface area contributed by atoms with Crippen LogP contribution in [0.1, 0.15) is 107 Å². The molecule has 2 aromatic carbocycles. The lowest BCUT2D eigenvalue weighted by Crippen LogP contribution is -2.38. The van der Waals surface area contributed by atoms with Gasteiger partial charge >= 0.3 is 6.09 Å². The Kier molecular flexibility index (Phi) is 13.2. The van der Waals surface area contributed by atoms with Gasteiger partial charge < -0.3 is 19.7 Å². The van der Waals surface area contributed by atoms with E-state index >= 15 is 0 Å². The number of methoxy groups -OCH3 is 1. The summed E-state index contributed by atoms with van der Waals surface area (Å²) in [5, 5.41) is 4.96. The molecule has 5 rings (SSSR count). The number of nitrogens with one attached hydrogen (secondary N) is 1. The number of aryl methyl sites for hydroxylation is 1. The van der Waals surface area contributed by atoms with Crippen LogP contribution in [0.25, 0.3) is 10.9 Å². The van der Waals surface area contributed by atoms with Crippen LogP contribution < -0.4 is 10.1 Å². The fourth-order valence-electron chi connectivity index (χ4n) is 7.80. The largest absolute Gasteiger partial charge is 0.481 e. The quantitative estimate of drug-likeness (QED) is 0.182. The number of fused-ring (bicyclic) bond motifs is 1. The first-order valence-electron chi connectivity index (χ1n) is 18.2. The van der Waals surface area contributed by atoms with Crippen LogP contribution in [0.15, 0.2) is 54.6 Å². The summed E-state index contributed by atoms with van der Waals surface area (Å²) >= 11 is 0. The number of aromatic nitrogens is 1. The van der Waals surface area contributed by atoms with E-state index in [9.17, 15) is 4.79 Å². The van der Waals surface area contributed by atoms with Gasteiger partial charge in [-0.25, -0.2) is 9.78 Å². The topological polar surface area (TPSA) is 63.7 Å². The maximum absolute atomic E-state index is 12.7. The Bertz CT molecular complexity index is 1350. The number of hydrogen-bond donors (Lipinski definition) is 1. The van der Waals surface area contributed by atoms with Crippen LogP contribution >= 0.6 is 0 Å². The summed E-state index contributed by atoms with van der Waals surface area (Å²) in [6.45, 7) is 8.80. The highest BCUT2D eigenvalue weighted by Crippen LogP contribution is 2.34. The number of benzene rings is 2. The third-order valence-corrected chi connectivity index (χ3v) is 10.8. The molecule has 0 spiro atoms. The number of ether oxygens (including phenoxy) is 2. The predicted molar refractivity (Wildman–Crippen MR) is 188 cm³/mol. The van der Waals surface area contributed by atoms with Gasteiger partial charge in [0.1, 0.15) is 6.61 Å². The third kappa shape index (κ3) is 9.47. The predicted octanol–water partition coefficient (Wildman–Crippen LogP) is 9.30. The molecule has 6 nitrogen and oxygen atoms in total. The van der Waals surface area contributed by atoms with Gasteiger partial charge in [-0.1, -0.05) is 82.3 Å². The Morgan fingerprint density at radius 3 is 2.57 bits per heavy atom. The van der Waals surface area contributed by atoms with Gasteiger partial charge in [0.15, 0.2) is 0 Å². The van der Waals surface area contributed by atoms with Crippen molar-refractivity contribution in [1.29, 1.82) is 0 Å². The number of hydrogen-bond acceptors (Lipinski definition) is 5. The minimum Gasteiger partial charge on any atom is -0.481 e. The molecule has 0 aliphatic carbocycles. The number of carbonyl (C=O) groups is 1. The Labute approximate surface area is 277 Å². The first-order valence-corrected chi connectivity index (χ1v) is 18.2. The molecule has 2 fully saturated rings. The van der Waals surface area contributed by atoms with E-state index in [1.165, 1.54) is 80.8 Å². The van der Waals surface area contributed by atoms with Crippen molar-refractivity contribution in [3.8, 4) is 5.88 Å². The molecule has 6 heteroatoms. The fraction of sp³-hybridized carbons (Fsp3) is 0.600. The van der Waals surface area contributed by atoms with Gasteiger partial charge in [-0.05, 0) is 111 Å². The van der Waals surface area contributed by atoms with E-state index in [2.05, 4.69) is 43.4 Å². The lowest BCUT2D eigenvalue weighted by molar-refractivity contribution is 0.0870. The van der Waals surface area contributed by atoms with Crippen LogP contribution in [0.4, 0.5) is 4.79 Å². The maximum atomic E-state index is 12.7. The molecule has 1 unspecified atom stereocenters. The number of likely N-dealkylation sites (tertiary alicyclic amines) is 1. The first kappa shape index (κ1) is 34.2. The minimum absolute atomic E-state index is 0.211. The van der Waals surface area contributed by atoms with E-state index in [0.29, 0.717) is 18.4 Å². The van der Waals surface area contributed by atoms with Crippen LogP contribution in [-0.4, -0.2) is 49.3 Å². The van der Waals surface area contributed by atoms with Crippen molar-refractivity contribution in [2.75, 3.05) is 33.3 Å². The summed E-state index contributed by atoms with van der Waals surface area (Å²) in [6.07, 6.45) is 14.7. The standard InChI is InChI=1S/C40H57N3O3/c1-4-6-11-30(5-2)16-17-36-28-41-23-20-32(36)14-10-15-35-27-39(45-3)42-38-19-18-34(26-37(35)38)33-21-24-43(25-22-33)40(44)46-29-31-12-8-7-9-13-31/h7-9,12-13,18-19,26-27,30,32-33,36,41H,4-6,10-11,14-17,20-25,28-29H2,1-3H3/t30?,32-,36+/m1/s1. The number of carbonyl (C=O) groups excluding carboxylic acids is 1. The summed E-state index contributed by atoms with van der Waals surface area (Å²) < 4.78 is 11.2. The van der Waals surface area contributed by atoms with E-state index in [4.69, 9.17) is 14.5 Å². The van der Waals surface area contributed by atoms with Gasteiger partial charge in [-0.15, -0.1) is 0 Å². The molecule has 1 N–H and O–H groups in total. The molecule has 3 atom stereocenters. The van der Waals surface area contributed by atoms with Crippen LogP contribution in [0.2, 0.25) is 0 Å². The monoisotopic (exact) mass is 627 g/mol. The van der Waals surface area contributed by atoms with Crippen LogP contribution in [0, 0.1) is 17.8 Å².